The maximum Gasteiger partial charge on any atom is 0.273 e. The summed E-state index contributed by atoms with van der Waals surface area (Å²) in [7, 11) is 3.92. The number of anilines is 2. The van der Waals surface area contributed by atoms with Crippen molar-refractivity contribution in [2.24, 2.45) is 0 Å². The third-order valence-corrected chi connectivity index (χ3v) is 4.02. The smallest absolute Gasteiger partial charge is 0.273 e. The monoisotopic (exact) mass is 278 g/mol. The molecule has 6 heteroatoms. The molecular weight excluding hydrogens is 256 g/mol. The summed E-state index contributed by atoms with van der Waals surface area (Å²) in [5.74, 6) is 0. The van der Waals surface area contributed by atoms with E-state index in [9.17, 15) is 10.1 Å². The second-order valence-electron chi connectivity index (χ2n) is 5.23. The van der Waals surface area contributed by atoms with E-state index in [4.69, 9.17) is 0 Å². The quantitative estimate of drug-likeness (QED) is 0.675. The van der Waals surface area contributed by atoms with Gasteiger partial charge in [-0.15, -0.1) is 0 Å². The average molecular weight is 278 g/mol. The number of non-ortho nitro benzene ring substituents is 1. The molecule has 1 fully saturated rings. The van der Waals surface area contributed by atoms with Crippen LogP contribution in [0.1, 0.15) is 13.3 Å². The molecule has 2 rings (SSSR count). The van der Waals surface area contributed by atoms with Gasteiger partial charge >= 0.3 is 0 Å². The van der Waals surface area contributed by atoms with Gasteiger partial charge in [0.05, 0.1) is 4.92 Å². The first-order chi connectivity index (χ1) is 9.55. The summed E-state index contributed by atoms with van der Waals surface area (Å²) in [5.41, 5.74) is 1.84. The van der Waals surface area contributed by atoms with E-state index in [1.807, 2.05) is 6.07 Å². The summed E-state index contributed by atoms with van der Waals surface area (Å²) < 4.78 is 0. The topological polar surface area (TPSA) is 61.6 Å². The van der Waals surface area contributed by atoms with E-state index in [0.717, 1.165) is 37.4 Å². The van der Waals surface area contributed by atoms with Gasteiger partial charge in [-0.2, -0.15) is 0 Å². The fourth-order valence-electron chi connectivity index (χ4n) is 2.65. The van der Waals surface area contributed by atoms with Crippen molar-refractivity contribution in [3.8, 4) is 0 Å². The first kappa shape index (κ1) is 14.6. The van der Waals surface area contributed by atoms with Crippen molar-refractivity contribution in [1.29, 1.82) is 0 Å². The van der Waals surface area contributed by atoms with Crippen LogP contribution in [0.15, 0.2) is 18.2 Å². The Bertz CT molecular complexity index is 492. The van der Waals surface area contributed by atoms with Crippen LogP contribution in [0.3, 0.4) is 0 Å². The highest BCUT2D eigenvalue weighted by molar-refractivity contribution is 5.64. The fraction of sp³-hybridized carbons (Fsp3) is 0.571. The van der Waals surface area contributed by atoms with E-state index < -0.39 is 0 Å². The van der Waals surface area contributed by atoms with Crippen molar-refractivity contribution in [3.05, 3.63) is 28.3 Å². The summed E-state index contributed by atoms with van der Waals surface area (Å²) in [5, 5.41) is 14.0. The van der Waals surface area contributed by atoms with Crippen molar-refractivity contribution in [2.75, 3.05) is 43.9 Å². The normalized spacial score (nSPS) is 19.9. The molecular formula is C14H22N4O2. The van der Waals surface area contributed by atoms with Crippen LogP contribution in [0.25, 0.3) is 0 Å². The first-order valence-electron chi connectivity index (χ1n) is 6.97. The molecule has 0 aromatic heterocycles. The molecule has 0 spiro atoms. The zero-order valence-electron chi connectivity index (χ0n) is 12.3. The molecule has 1 saturated heterocycles. The van der Waals surface area contributed by atoms with Crippen LogP contribution < -0.4 is 10.2 Å². The Morgan fingerprint density at radius 2 is 2.15 bits per heavy atom. The number of hydrogen-bond acceptors (Lipinski definition) is 5. The average Bonchev–Trinajstić information content (AvgIpc) is 2.47. The standard InChI is InChI=1S/C14H22N4O2/c1-4-12-10-17(6-5-16(12)3)13-7-11(15-2)8-14(9-13)18(19)20/h7-9,12,15H,4-6,10H2,1-3H3. The minimum Gasteiger partial charge on any atom is -0.388 e. The Balaban J connectivity index is 2.27. The second-order valence-corrected chi connectivity index (χ2v) is 5.23. The predicted octanol–water partition coefficient (Wildman–Crippen LogP) is 2.17. The van der Waals surface area contributed by atoms with E-state index >= 15 is 0 Å². The van der Waals surface area contributed by atoms with Crippen LogP contribution >= 0.6 is 0 Å². The summed E-state index contributed by atoms with van der Waals surface area (Å²) in [4.78, 5) is 15.3. The maximum atomic E-state index is 11.0. The molecule has 0 aliphatic carbocycles. The lowest BCUT2D eigenvalue weighted by Gasteiger charge is -2.40. The van der Waals surface area contributed by atoms with Crippen molar-refractivity contribution in [1.82, 2.24) is 4.90 Å². The van der Waals surface area contributed by atoms with E-state index in [2.05, 4.69) is 29.1 Å². The number of piperazine rings is 1. The van der Waals surface area contributed by atoms with Crippen LogP contribution in [0.2, 0.25) is 0 Å². The van der Waals surface area contributed by atoms with Crippen LogP contribution in [0.5, 0.6) is 0 Å². The molecule has 0 saturated carbocycles. The number of nitrogens with one attached hydrogen (secondary N) is 1. The van der Waals surface area contributed by atoms with Gasteiger partial charge in [0, 0.05) is 56.2 Å². The van der Waals surface area contributed by atoms with E-state index in [1.165, 1.54) is 0 Å². The molecule has 1 aliphatic rings. The zero-order valence-corrected chi connectivity index (χ0v) is 12.3. The second kappa shape index (κ2) is 6.09. The van der Waals surface area contributed by atoms with Crippen LogP contribution in [-0.2, 0) is 0 Å². The number of nitro groups is 1. The van der Waals surface area contributed by atoms with E-state index in [1.54, 1.807) is 19.2 Å². The van der Waals surface area contributed by atoms with Gasteiger partial charge in [0.25, 0.3) is 5.69 Å². The lowest BCUT2D eigenvalue weighted by molar-refractivity contribution is -0.384. The molecule has 0 bridgehead atoms. The van der Waals surface area contributed by atoms with Gasteiger partial charge in [-0.05, 0) is 19.5 Å². The minimum atomic E-state index is -0.336. The van der Waals surface area contributed by atoms with Crippen molar-refractivity contribution in [3.63, 3.8) is 0 Å². The molecule has 20 heavy (non-hydrogen) atoms. The highest BCUT2D eigenvalue weighted by Crippen LogP contribution is 2.28. The van der Waals surface area contributed by atoms with Crippen LogP contribution in [-0.4, -0.2) is 49.6 Å². The number of likely N-dealkylation sites (N-methyl/N-ethyl adjacent to an activating group) is 1. The first-order valence-corrected chi connectivity index (χ1v) is 6.97. The van der Waals surface area contributed by atoms with Gasteiger partial charge in [-0.1, -0.05) is 6.92 Å². The summed E-state index contributed by atoms with van der Waals surface area (Å²) >= 11 is 0. The lowest BCUT2D eigenvalue weighted by Crippen LogP contribution is -2.51. The number of rotatable bonds is 4. The fourth-order valence-corrected chi connectivity index (χ4v) is 2.65. The molecule has 1 aromatic rings. The molecule has 110 valence electrons. The SMILES string of the molecule is CCC1CN(c2cc(NC)cc([N+](=O)[O-])c2)CCN1C. The predicted molar refractivity (Wildman–Crippen MR) is 81.6 cm³/mol. The van der Waals surface area contributed by atoms with Crippen LogP contribution in [0.4, 0.5) is 17.1 Å². The van der Waals surface area contributed by atoms with Gasteiger partial charge in [-0.25, -0.2) is 0 Å². The third kappa shape index (κ3) is 3.01. The highest BCUT2D eigenvalue weighted by Gasteiger charge is 2.24. The van der Waals surface area contributed by atoms with Gasteiger partial charge in [0.2, 0.25) is 0 Å². The Labute approximate surface area is 119 Å². The molecule has 1 aliphatic heterocycles. The molecule has 1 aromatic carbocycles. The summed E-state index contributed by atoms with van der Waals surface area (Å²) in [6.45, 7) is 4.97. The molecule has 1 unspecified atom stereocenters. The van der Waals surface area contributed by atoms with Gasteiger partial charge in [0.1, 0.15) is 0 Å². The molecule has 0 radical (unpaired) electrons. The van der Waals surface area contributed by atoms with Crippen molar-refractivity contribution >= 4 is 17.1 Å². The van der Waals surface area contributed by atoms with Gasteiger partial charge < -0.3 is 10.2 Å². The molecule has 1 heterocycles. The van der Waals surface area contributed by atoms with E-state index in [0.29, 0.717) is 6.04 Å². The zero-order chi connectivity index (χ0) is 14.7. The Morgan fingerprint density at radius 1 is 1.40 bits per heavy atom. The Morgan fingerprint density at radius 3 is 2.75 bits per heavy atom. The van der Waals surface area contributed by atoms with Gasteiger partial charge in [0.15, 0.2) is 0 Å². The van der Waals surface area contributed by atoms with Gasteiger partial charge in [-0.3, -0.25) is 15.0 Å². The van der Waals surface area contributed by atoms with Crippen LogP contribution in [0, 0.1) is 10.1 Å². The molecule has 1 atom stereocenters. The van der Waals surface area contributed by atoms with Crippen molar-refractivity contribution < 1.29 is 4.92 Å². The number of hydrogen-bond donors (Lipinski definition) is 1. The Hall–Kier alpha value is -1.82. The highest BCUT2D eigenvalue weighted by atomic mass is 16.6. The lowest BCUT2D eigenvalue weighted by atomic mass is 10.1. The molecule has 0 amide bonds. The number of nitro benzene ring substituents is 1. The summed E-state index contributed by atoms with van der Waals surface area (Å²) in [6, 6.07) is 5.71. The number of nitrogens with zero attached hydrogens (tertiary/aromatic N) is 3. The van der Waals surface area contributed by atoms with Crippen molar-refractivity contribution in [2.45, 2.75) is 19.4 Å². The largest absolute Gasteiger partial charge is 0.388 e. The summed E-state index contributed by atoms with van der Waals surface area (Å²) in [6.07, 6.45) is 1.08. The molecule has 6 nitrogen and oxygen atoms in total. The molecule has 1 N–H and O–H groups in total. The number of benzene rings is 1. The minimum absolute atomic E-state index is 0.138. The Kier molecular flexibility index (Phi) is 4.44. The maximum absolute atomic E-state index is 11.0. The van der Waals surface area contributed by atoms with E-state index in [-0.39, 0.29) is 10.6 Å². The third-order valence-electron chi connectivity index (χ3n) is 4.02.